The Morgan fingerprint density at radius 2 is 1.88 bits per heavy atom. The third-order valence-electron chi connectivity index (χ3n) is 6.00. The standard InChI is InChI=1S/C18H29N5O.2ClH/c24-17(6-5-14-7-9-19-10-8-14)22-11-1-3-15(13-22)18-21-20-16-4-2-12-23(16)18;;/h14-15,19H,1-13H2;2*1H. The first-order valence-corrected chi connectivity index (χ1v) is 9.71. The predicted molar refractivity (Wildman–Crippen MR) is 106 cm³/mol. The number of nitrogens with one attached hydrogen (secondary N) is 1. The van der Waals surface area contributed by atoms with Crippen LogP contribution in [-0.4, -0.2) is 51.8 Å². The van der Waals surface area contributed by atoms with Gasteiger partial charge in [-0.15, -0.1) is 35.0 Å². The van der Waals surface area contributed by atoms with Crippen molar-refractivity contribution in [2.75, 3.05) is 26.2 Å². The van der Waals surface area contributed by atoms with E-state index in [0.29, 0.717) is 11.8 Å². The van der Waals surface area contributed by atoms with Crippen LogP contribution < -0.4 is 5.32 Å². The van der Waals surface area contributed by atoms with E-state index in [4.69, 9.17) is 0 Å². The van der Waals surface area contributed by atoms with Crippen LogP contribution >= 0.6 is 24.8 Å². The fraction of sp³-hybridized carbons (Fsp3) is 0.833. The van der Waals surface area contributed by atoms with E-state index in [1.807, 2.05) is 0 Å². The number of nitrogens with zero attached hydrogens (tertiary/aromatic N) is 4. The highest BCUT2D eigenvalue weighted by atomic mass is 35.5. The highest BCUT2D eigenvalue weighted by Crippen LogP contribution is 2.29. The largest absolute Gasteiger partial charge is 0.342 e. The fourth-order valence-electron chi connectivity index (χ4n) is 4.55. The highest BCUT2D eigenvalue weighted by Gasteiger charge is 2.30. The summed E-state index contributed by atoms with van der Waals surface area (Å²) in [5.74, 6) is 3.72. The van der Waals surface area contributed by atoms with Gasteiger partial charge in [0.15, 0.2) is 0 Å². The molecule has 0 saturated carbocycles. The van der Waals surface area contributed by atoms with E-state index in [2.05, 4.69) is 25.0 Å². The van der Waals surface area contributed by atoms with Crippen LogP contribution in [0.5, 0.6) is 0 Å². The number of aryl methyl sites for hydroxylation is 1. The Morgan fingerprint density at radius 3 is 2.69 bits per heavy atom. The number of carbonyl (C=O) groups excluding carboxylic acids is 1. The lowest BCUT2D eigenvalue weighted by Gasteiger charge is -2.33. The zero-order valence-electron chi connectivity index (χ0n) is 15.4. The summed E-state index contributed by atoms with van der Waals surface area (Å²) in [6.07, 6.45) is 8.69. The Hall–Kier alpha value is -0.850. The monoisotopic (exact) mass is 403 g/mol. The van der Waals surface area contributed by atoms with Gasteiger partial charge in [-0.25, -0.2) is 0 Å². The summed E-state index contributed by atoms with van der Waals surface area (Å²) in [6, 6.07) is 0. The van der Waals surface area contributed by atoms with E-state index in [1.165, 1.54) is 19.3 Å². The first-order chi connectivity index (χ1) is 11.8. The van der Waals surface area contributed by atoms with Gasteiger partial charge in [-0.2, -0.15) is 0 Å². The van der Waals surface area contributed by atoms with Crippen molar-refractivity contribution >= 4 is 30.7 Å². The van der Waals surface area contributed by atoms with Gasteiger partial charge in [-0.05, 0) is 57.5 Å². The molecule has 4 heterocycles. The Bertz CT molecular complexity index is 588. The van der Waals surface area contributed by atoms with Gasteiger partial charge in [0.1, 0.15) is 11.6 Å². The van der Waals surface area contributed by atoms with E-state index >= 15 is 0 Å². The lowest BCUT2D eigenvalue weighted by molar-refractivity contribution is -0.132. The fourth-order valence-corrected chi connectivity index (χ4v) is 4.55. The number of piperidine rings is 2. The van der Waals surface area contributed by atoms with Gasteiger partial charge in [0.05, 0.1) is 0 Å². The molecule has 0 spiro atoms. The maximum atomic E-state index is 12.7. The number of hydrogen-bond donors (Lipinski definition) is 1. The number of halogens is 2. The van der Waals surface area contributed by atoms with Crippen molar-refractivity contribution in [1.29, 1.82) is 0 Å². The molecular formula is C18H31Cl2N5O. The number of fused-ring (bicyclic) bond motifs is 1. The third kappa shape index (κ3) is 4.70. The van der Waals surface area contributed by atoms with Gasteiger partial charge in [-0.1, -0.05) is 0 Å². The number of rotatable bonds is 4. The molecule has 26 heavy (non-hydrogen) atoms. The van der Waals surface area contributed by atoms with Crippen LogP contribution in [0.15, 0.2) is 0 Å². The number of hydrogen-bond acceptors (Lipinski definition) is 4. The normalized spacial score (nSPS) is 23.1. The van der Waals surface area contributed by atoms with Crippen LogP contribution in [0.2, 0.25) is 0 Å². The Kier molecular flexibility index (Phi) is 8.17. The van der Waals surface area contributed by atoms with Crippen LogP contribution in [0.25, 0.3) is 0 Å². The van der Waals surface area contributed by atoms with E-state index in [1.54, 1.807) is 0 Å². The van der Waals surface area contributed by atoms with Gasteiger partial charge in [0.2, 0.25) is 5.91 Å². The molecule has 1 unspecified atom stereocenters. The molecule has 1 N–H and O–H groups in total. The minimum Gasteiger partial charge on any atom is -0.342 e. The number of amides is 1. The summed E-state index contributed by atoms with van der Waals surface area (Å²) in [5, 5.41) is 12.2. The molecule has 8 heteroatoms. The average molecular weight is 404 g/mol. The number of aromatic nitrogens is 3. The first-order valence-electron chi connectivity index (χ1n) is 9.71. The first kappa shape index (κ1) is 21.5. The van der Waals surface area contributed by atoms with Crippen molar-refractivity contribution in [3.63, 3.8) is 0 Å². The second-order valence-electron chi connectivity index (χ2n) is 7.64. The lowest BCUT2D eigenvalue weighted by Crippen LogP contribution is -2.40. The zero-order chi connectivity index (χ0) is 16.4. The van der Waals surface area contributed by atoms with Crippen molar-refractivity contribution in [1.82, 2.24) is 25.0 Å². The molecule has 0 bridgehead atoms. The van der Waals surface area contributed by atoms with Gasteiger partial charge in [-0.3, -0.25) is 4.79 Å². The second-order valence-corrected chi connectivity index (χ2v) is 7.64. The van der Waals surface area contributed by atoms with Crippen molar-refractivity contribution < 1.29 is 4.79 Å². The van der Waals surface area contributed by atoms with Gasteiger partial charge in [0.25, 0.3) is 0 Å². The summed E-state index contributed by atoms with van der Waals surface area (Å²) in [4.78, 5) is 14.7. The molecule has 6 nitrogen and oxygen atoms in total. The summed E-state index contributed by atoms with van der Waals surface area (Å²) in [6.45, 7) is 5.04. The Labute approximate surface area is 168 Å². The van der Waals surface area contributed by atoms with E-state index in [9.17, 15) is 4.79 Å². The second kappa shape index (κ2) is 9.90. The molecule has 1 amide bonds. The molecular weight excluding hydrogens is 373 g/mol. The number of carbonyl (C=O) groups is 1. The maximum Gasteiger partial charge on any atom is 0.222 e. The maximum absolute atomic E-state index is 12.7. The quantitative estimate of drug-likeness (QED) is 0.838. The summed E-state index contributed by atoms with van der Waals surface area (Å²) in [7, 11) is 0. The minimum absolute atomic E-state index is 0. The lowest BCUT2D eigenvalue weighted by atomic mass is 9.92. The molecule has 1 aromatic rings. The predicted octanol–water partition coefficient (Wildman–Crippen LogP) is 2.55. The van der Waals surface area contributed by atoms with Crippen LogP contribution in [0.4, 0.5) is 0 Å². The summed E-state index contributed by atoms with van der Waals surface area (Å²) >= 11 is 0. The van der Waals surface area contributed by atoms with E-state index < -0.39 is 0 Å². The third-order valence-corrected chi connectivity index (χ3v) is 6.00. The smallest absolute Gasteiger partial charge is 0.222 e. The summed E-state index contributed by atoms with van der Waals surface area (Å²) < 4.78 is 2.30. The van der Waals surface area contributed by atoms with Crippen molar-refractivity contribution in [3.8, 4) is 0 Å². The Balaban J connectivity index is 0.00000121. The average Bonchev–Trinajstić information content (AvgIpc) is 3.24. The van der Waals surface area contributed by atoms with Crippen molar-refractivity contribution in [2.45, 2.75) is 63.8 Å². The highest BCUT2D eigenvalue weighted by molar-refractivity contribution is 5.85. The molecule has 4 rings (SSSR count). The van der Waals surface area contributed by atoms with Gasteiger partial charge in [0, 0.05) is 38.4 Å². The SMILES string of the molecule is Cl.Cl.O=C(CCC1CCNCC1)N1CCCC(c2nnc3n2CCC3)C1. The zero-order valence-corrected chi connectivity index (χ0v) is 17.0. The molecule has 3 aliphatic rings. The van der Waals surface area contributed by atoms with Gasteiger partial charge >= 0.3 is 0 Å². The molecule has 148 valence electrons. The topological polar surface area (TPSA) is 63.1 Å². The Morgan fingerprint density at radius 1 is 1.08 bits per heavy atom. The molecule has 0 aromatic carbocycles. The van der Waals surface area contributed by atoms with Gasteiger partial charge < -0.3 is 14.8 Å². The van der Waals surface area contributed by atoms with E-state index in [0.717, 1.165) is 82.4 Å². The molecule has 0 aliphatic carbocycles. The molecule has 0 radical (unpaired) electrons. The van der Waals surface area contributed by atoms with Crippen LogP contribution in [-0.2, 0) is 17.8 Å². The van der Waals surface area contributed by atoms with E-state index in [-0.39, 0.29) is 24.8 Å². The number of likely N-dealkylation sites (tertiary alicyclic amines) is 1. The molecule has 3 aliphatic heterocycles. The molecule has 2 fully saturated rings. The minimum atomic E-state index is 0. The molecule has 1 atom stereocenters. The van der Waals surface area contributed by atoms with Crippen LogP contribution in [0, 0.1) is 5.92 Å². The van der Waals surface area contributed by atoms with Crippen molar-refractivity contribution in [2.24, 2.45) is 5.92 Å². The molecule has 1 aromatic heterocycles. The molecule has 2 saturated heterocycles. The van der Waals surface area contributed by atoms with Crippen LogP contribution in [0.3, 0.4) is 0 Å². The van der Waals surface area contributed by atoms with Crippen molar-refractivity contribution in [3.05, 3.63) is 11.6 Å². The summed E-state index contributed by atoms with van der Waals surface area (Å²) in [5.41, 5.74) is 0. The van der Waals surface area contributed by atoms with Crippen LogP contribution in [0.1, 0.15) is 62.5 Å².